The highest BCUT2D eigenvalue weighted by molar-refractivity contribution is 5.02. The van der Waals surface area contributed by atoms with Crippen LogP contribution in [0.15, 0.2) is 12.3 Å². The van der Waals surface area contributed by atoms with Gasteiger partial charge in [-0.2, -0.15) is 0 Å². The largest absolute Gasteiger partial charge is 0.383 e. The van der Waals surface area contributed by atoms with E-state index in [0.29, 0.717) is 5.92 Å². The molecule has 0 spiro atoms. The highest BCUT2D eigenvalue weighted by Crippen LogP contribution is 2.03. The fourth-order valence-corrected chi connectivity index (χ4v) is 1.39. The topological polar surface area (TPSA) is 47.0 Å². The number of hydrogen-bond acceptors (Lipinski definition) is 4. The molecule has 0 fully saturated rings. The van der Waals surface area contributed by atoms with Gasteiger partial charge in [-0.25, -0.2) is 9.97 Å². The minimum atomic E-state index is 0.594. The van der Waals surface area contributed by atoms with Crippen molar-refractivity contribution in [2.45, 2.75) is 26.8 Å². The zero-order valence-corrected chi connectivity index (χ0v) is 10.4. The number of ether oxygens (including phenoxy) is 1. The fourth-order valence-electron chi connectivity index (χ4n) is 1.39. The van der Waals surface area contributed by atoms with Gasteiger partial charge in [-0.3, -0.25) is 0 Å². The van der Waals surface area contributed by atoms with Crippen molar-refractivity contribution in [3.63, 3.8) is 0 Å². The van der Waals surface area contributed by atoms with E-state index in [1.165, 1.54) is 0 Å². The van der Waals surface area contributed by atoms with Gasteiger partial charge in [-0.05, 0) is 12.0 Å². The summed E-state index contributed by atoms with van der Waals surface area (Å²) in [6, 6.07) is 1.95. The molecule has 0 atom stereocenters. The van der Waals surface area contributed by atoms with Gasteiger partial charge in [0.25, 0.3) is 0 Å². The first-order chi connectivity index (χ1) is 7.72. The van der Waals surface area contributed by atoms with Crippen molar-refractivity contribution in [2.24, 2.45) is 5.92 Å². The lowest BCUT2D eigenvalue weighted by Crippen LogP contribution is -2.19. The van der Waals surface area contributed by atoms with Crippen molar-refractivity contribution in [1.29, 1.82) is 0 Å². The minimum absolute atomic E-state index is 0.594. The van der Waals surface area contributed by atoms with Crippen LogP contribution in [0.5, 0.6) is 0 Å². The molecular formula is C12H21N3O. The molecular weight excluding hydrogens is 202 g/mol. The average Bonchev–Trinajstić information content (AvgIpc) is 2.24. The fraction of sp³-hybridized carbons (Fsp3) is 0.667. The molecule has 0 aliphatic carbocycles. The Hall–Kier alpha value is -1.00. The maximum Gasteiger partial charge on any atom is 0.128 e. The summed E-state index contributed by atoms with van der Waals surface area (Å²) in [5, 5.41) is 3.27. The molecule has 0 amide bonds. The van der Waals surface area contributed by atoms with Crippen LogP contribution in [-0.4, -0.2) is 30.2 Å². The Kier molecular flexibility index (Phi) is 5.96. The van der Waals surface area contributed by atoms with Crippen molar-refractivity contribution in [1.82, 2.24) is 15.3 Å². The zero-order chi connectivity index (χ0) is 11.8. The third-order valence-corrected chi connectivity index (χ3v) is 2.14. The normalized spacial score (nSPS) is 11.0. The van der Waals surface area contributed by atoms with Gasteiger partial charge in [0.2, 0.25) is 0 Å². The van der Waals surface area contributed by atoms with Crippen molar-refractivity contribution >= 4 is 0 Å². The maximum absolute atomic E-state index is 4.96. The molecule has 1 aromatic heterocycles. The van der Waals surface area contributed by atoms with E-state index in [2.05, 4.69) is 29.1 Å². The van der Waals surface area contributed by atoms with Gasteiger partial charge in [0.05, 0.1) is 12.3 Å². The molecule has 0 saturated heterocycles. The second-order valence-corrected chi connectivity index (χ2v) is 4.23. The summed E-state index contributed by atoms with van der Waals surface area (Å²) in [4.78, 5) is 8.76. The van der Waals surface area contributed by atoms with E-state index in [1.54, 1.807) is 7.11 Å². The molecule has 4 heteroatoms. The summed E-state index contributed by atoms with van der Waals surface area (Å²) in [6.07, 6.45) is 2.77. The first-order valence-corrected chi connectivity index (χ1v) is 5.73. The van der Waals surface area contributed by atoms with Crippen molar-refractivity contribution in [2.75, 3.05) is 20.3 Å². The molecule has 1 N–H and O–H groups in total. The van der Waals surface area contributed by atoms with Crippen LogP contribution in [0.1, 0.15) is 25.4 Å². The summed E-state index contributed by atoms with van der Waals surface area (Å²) >= 11 is 0. The SMILES string of the molecule is COCCNCc1ccnc(CC(C)C)n1. The third-order valence-electron chi connectivity index (χ3n) is 2.14. The second-order valence-electron chi connectivity index (χ2n) is 4.23. The lowest BCUT2D eigenvalue weighted by molar-refractivity contribution is 0.199. The summed E-state index contributed by atoms with van der Waals surface area (Å²) in [7, 11) is 1.70. The number of rotatable bonds is 7. The van der Waals surface area contributed by atoms with Crippen LogP contribution in [-0.2, 0) is 17.7 Å². The second kappa shape index (κ2) is 7.30. The van der Waals surface area contributed by atoms with Crippen LogP contribution in [0.4, 0.5) is 0 Å². The van der Waals surface area contributed by atoms with Gasteiger partial charge in [-0.15, -0.1) is 0 Å². The zero-order valence-electron chi connectivity index (χ0n) is 10.4. The lowest BCUT2D eigenvalue weighted by Gasteiger charge is -2.06. The Labute approximate surface area is 97.5 Å². The van der Waals surface area contributed by atoms with Gasteiger partial charge in [0.1, 0.15) is 5.82 Å². The van der Waals surface area contributed by atoms with Gasteiger partial charge in [0.15, 0.2) is 0 Å². The molecule has 4 nitrogen and oxygen atoms in total. The molecule has 0 unspecified atom stereocenters. The molecule has 1 aromatic rings. The Bertz CT molecular complexity index is 302. The average molecular weight is 223 g/mol. The third kappa shape index (κ3) is 5.19. The standard InChI is InChI=1S/C12H21N3O/c1-10(2)8-12-14-5-4-11(15-12)9-13-6-7-16-3/h4-5,10,13H,6-9H2,1-3H3. The molecule has 0 aliphatic rings. The van der Waals surface area contributed by atoms with Crippen LogP contribution < -0.4 is 5.32 Å². The summed E-state index contributed by atoms with van der Waals surface area (Å²) in [5.74, 6) is 1.53. The first kappa shape index (κ1) is 13.1. The Morgan fingerprint density at radius 1 is 1.44 bits per heavy atom. The van der Waals surface area contributed by atoms with Crippen LogP contribution >= 0.6 is 0 Å². The summed E-state index contributed by atoms with van der Waals surface area (Å²) < 4.78 is 4.96. The Balaban J connectivity index is 2.41. The molecule has 1 heterocycles. The molecule has 0 radical (unpaired) electrons. The molecule has 0 aromatic carbocycles. The van der Waals surface area contributed by atoms with E-state index in [-0.39, 0.29) is 0 Å². The van der Waals surface area contributed by atoms with Crippen molar-refractivity contribution < 1.29 is 4.74 Å². The number of aromatic nitrogens is 2. The molecule has 0 bridgehead atoms. The van der Waals surface area contributed by atoms with Crippen LogP contribution in [0.25, 0.3) is 0 Å². The van der Waals surface area contributed by atoms with E-state index >= 15 is 0 Å². The highest BCUT2D eigenvalue weighted by Gasteiger charge is 2.02. The van der Waals surface area contributed by atoms with Gasteiger partial charge in [0, 0.05) is 32.8 Å². The summed E-state index contributed by atoms with van der Waals surface area (Å²) in [6.45, 7) is 6.70. The number of methoxy groups -OCH3 is 1. The van der Waals surface area contributed by atoms with E-state index < -0.39 is 0 Å². The summed E-state index contributed by atoms with van der Waals surface area (Å²) in [5.41, 5.74) is 1.04. The van der Waals surface area contributed by atoms with E-state index in [1.807, 2.05) is 12.3 Å². The highest BCUT2D eigenvalue weighted by atomic mass is 16.5. The molecule has 1 rings (SSSR count). The van der Waals surface area contributed by atoms with Gasteiger partial charge < -0.3 is 10.1 Å². The lowest BCUT2D eigenvalue weighted by atomic mass is 10.1. The van der Waals surface area contributed by atoms with Crippen LogP contribution in [0.3, 0.4) is 0 Å². The van der Waals surface area contributed by atoms with Crippen molar-refractivity contribution in [3.05, 3.63) is 23.8 Å². The predicted octanol–water partition coefficient (Wildman–Crippen LogP) is 1.41. The van der Waals surface area contributed by atoms with Gasteiger partial charge >= 0.3 is 0 Å². The molecule has 90 valence electrons. The molecule has 16 heavy (non-hydrogen) atoms. The predicted molar refractivity (Wildman–Crippen MR) is 64.2 cm³/mol. The van der Waals surface area contributed by atoms with E-state index in [0.717, 1.165) is 37.6 Å². The Morgan fingerprint density at radius 3 is 2.94 bits per heavy atom. The monoisotopic (exact) mass is 223 g/mol. The maximum atomic E-state index is 4.96. The number of hydrogen-bond donors (Lipinski definition) is 1. The number of nitrogens with zero attached hydrogens (tertiary/aromatic N) is 2. The van der Waals surface area contributed by atoms with Gasteiger partial charge in [-0.1, -0.05) is 13.8 Å². The quantitative estimate of drug-likeness (QED) is 0.710. The Morgan fingerprint density at radius 2 is 2.25 bits per heavy atom. The molecule has 0 saturated carbocycles. The van der Waals surface area contributed by atoms with Crippen molar-refractivity contribution in [3.8, 4) is 0 Å². The van der Waals surface area contributed by atoms with Crippen LogP contribution in [0, 0.1) is 5.92 Å². The minimum Gasteiger partial charge on any atom is -0.383 e. The first-order valence-electron chi connectivity index (χ1n) is 5.73. The van der Waals surface area contributed by atoms with Crippen LogP contribution in [0.2, 0.25) is 0 Å². The molecule has 0 aliphatic heterocycles. The number of nitrogens with one attached hydrogen (secondary N) is 1. The van der Waals surface area contributed by atoms with E-state index in [4.69, 9.17) is 4.74 Å². The van der Waals surface area contributed by atoms with E-state index in [9.17, 15) is 0 Å². The smallest absolute Gasteiger partial charge is 0.128 e.